The van der Waals surface area contributed by atoms with Crippen LogP contribution < -0.4 is 0 Å². The van der Waals surface area contributed by atoms with Gasteiger partial charge in [-0.2, -0.15) is 8.42 Å². The highest BCUT2D eigenvalue weighted by Crippen LogP contribution is 2.15. The van der Waals surface area contributed by atoms with Crippen molar-refractivity contribution < 1.29 is 17.2 Å². The van der Waals surface area contributed by atoms with E-state index >= 15 is 0 Å². The molecule has 0 heterocycles. The van der Waals surface area contributed by atoms with Crippen LogP contribution in [0.1, 0.15) is 110 Å². The van der Waals surface area contributed by atoms with E-state index in [-0.39, 0.29) is 6.61 Å². The first-order valence-corrected chi connectivity index (χ1v) is 11.4. The second kappa shape index (κ2) is 16.3. The van der Waals surface area contributed by atoms with Gasteiger partial charge in [-0.3, -0.25) is 4.55 Å². The van der Waals surface area contributed by atoms with Crippen molar-refractivity contribution in [2.75, 3.05) is 6.61 Å². The lowest BCUT2D eigenvalue weighted by molar-refractivity contribution is 0.261. The van der Waals surface area contributed by atoms with E-state index in [1.807, 2.05) is 0 Å². The summed E-state index contributed by atoms with van der Waals surface area (Å²) in [6.45, 7) is 4.73. The average Bonchev–Trinajstić information content (AvgIpc) is 2.53. The van der Waals surface area contributed by atoms with Gasteiger partial charge in [-0.15, -0.1) is 0 Å². The van der Waals surface area contributed by atoms with Crippen LogP contribution in [-0.2, 0) is 14.6 Å². The highest BCUT2D eigenvalue weighted by molar-refractivity contribution is 7.80. The van der Waals surface area contributed by atoms with Crippen LogP contribution in [0.4, 0.5) is 0 Å². The van der Waals surface area contributed by atoms with Crippen LogP contribution in [0, 0.1) is 5.92 Å². The lowest BCUT2D eigenvalue weighted by Crippen LogP contribution is -2.04. The molecule has 0 bridgehead atoms. The van der Waals surface area contributed by atoms with Gasteiger partial charge >= 0.3 is 10.4 Å². The topological polar surface area (TPSA) is 63.6 Å². The van der Waals surface area contributed by atoms with Crippen molar-refractivity contribution in [1.82, 2.24) is 0 Å². The van der Waals surface area contributed by atoms with Crippen molar-refractivity contribution in [1.29, 1.82) is 0 Å². The molecule has 0 saturated carbocycles. The maximum Gasteiger partial charge on any atom is 0.397 e. The maximum atomic E-state index is 10.3. The molecule has 0 spiro atoms. The van der Waals surface area contributed by atoms with Gasteiger partial charge in [-0.25, -0.2) is 4.18 Å². The predicted octanol–water partition coefficient (Wildman–Crippen LogP) is 6.31. The summed E-state index contributed by atoms with van der Waals surface area (Å²) in [6, 6.07) is 0. The number of unbranched alkanes of at least 4 members (excludes halogenated alkanes) is 12. The summed E-state index contributed by atoms with van der Waals surface area (Å²) in [7, 11) is -4.25. The molecule has 24 heavy (non-hydrogen) atoms. The van der Waals surface area contributed by atoms with Crippen LogP contribution in [0.3, 0.4) is 0 Å². The molecule has 0 aliphatic carbocycles. The molecule has 1 atom stereocenters. The third-order valence-corrected chi connectivity index (χ3v) is 5.23. The number of hydrogen-bond donors (Lipinski definition) is 1. The molecule has 0 saturated heterocycles. The predicted molar refractivity (Wildman–Crippen MR) is 102 cm³/mol. The molecule has 1 unspecified atom stereocenters. The molecule has 0 fully saturated rings. The van der Waals surface area contributed by atoms with Crippen LogP contribution in [0.2, 0.25) is 0 Å². The van der Waals surface area contributed by atoms with Gasteiger partial charge in [0.05, 0.1) is 6.61 Å². The van der Waals surface area contributed by atoms with Gasteiger partial charge in [0.25, 0.3) is 0 Å². The fraction of sp³-hybridized carbons (Fsp3) is 1.00. The van der Waals surface area contributed by atoms with E-state index in [4.69, 9.17) is 4.55 Å². The zero-order valence-electron chi connectivity index (χ0n) is 16.0. The molecular formula is C19H40O4S. The summed E-state index contributed by atoms with van der Waals surface area (Å²) in [5, 5.41) is 0. The lowest BCUT2D eigenvalue weighted by atomic mass is 9.99. The monoisotopic (exact) mass is 364 g/mol. The Morgan fingerprint density at radius 3 is 1.50 bits per heavy atom. The number of hydrogen-bond acceptors (Lipinski definition) is 3. The largest absolute Gasteiger partial charge is 0.397 e. The fourth-order valence-corrected chi connectivity index (χ4v) is 3.24. The second-order valence-corrected chi connectivity index (χ2v) is 8.24. The molecule has 146 valence electrons. The SMILES string of the molecule is CCC(C)CCCCCCCCCCCCCCCOS(=O)(=O)O. The van der Waals surface area contributed by atoms with Gasteiger partial charge in [0.15, 0.2) is 0 Å². The summed E-state index contributed by atoms with van der Waals surface area (Å²) < 4.78 is 33.4. The molecule has 0 aromatic carbocycles. The smallest absolute Gasteiger partial charge is 0.264 e. The van der Waals surface area contributed by atoms with E-state index < -0.39 is 10.4 Å². The van der Waals surface area contributed by atoms with Crippen LogP contribution >= 0.6 is 0 Å². The molecule has 0 amide bonds. The van der Waals surface area contributed by atoms with Crippen molar-refractivity contribution >= 4 is 10.4 Å². The summed E-state index contributed by atoms with van der Waals surface area (Å²) in [5.74, 6) is 0.903. The minimum atomic E-state index is -4.25. The summed E-state index contributed by atoms with van der Waals surface area (Å²) in [5.41, 5.74) is 0. The van der Waals surface area contributed by atoms with Crippen molar-refractivity contribution in [3.8, 4) is 0 Å². The van der Waals surface area contributed by atoms with E-state index in [2.05, 4.69) is 18.0 Å². The molecule has 1 N–H and O–H groups in total. The molecule has 0 aromatic rings. The molecule has 0 radical (unpaired) electrons. The zero-order valence-corrected chi connectivity index (χ0v) is 16.8. The van der Waals surface area contributed by atoms with Crippen LogP contribution in [-0.4, -0.2) is 19.6 Å². The Kier molecular flexibility index (Phi) is 16.3. The Hall–Kier alpha value is -0.130. The van der Waals surface area contributed by atoms with Crippen LogP contribution in [0.15, 0.2) is 0 Å². The quantitative estimate of drug-likeness (QED) is 0.228. The summed E-state index contributed by atoms with van der Waals surface area (Å²) in [6.07, 6.45) is 19.0. The standard InChI is InChI=1S/C19H40O4S/c1-3-19(2)17-15-13-11-9-7-5-4-6-8-10-12-14-16-18-23-24(20,21)22/h19H,3-18H2,1-2H3,(H,20,21,22). The number of rotatable bonds is 18. The van der Waals surface area contributed by atoms with Gasteiger partial charge < -0.3 is 0 Å². The maximum absolute atomic E-state index is 10.3. The first-order chi connectivity index (χ1) is 11.5. The molecule has 0 rings (SSSR count). The second-order valence-electron chi connectivity index (χ2n) is 7.15. The highest BCUT2D eigenvalue weighted by Gasteiger charge is 2.02. The van der Waals surface area contributed by atoms with Crippen LogP contribution in [0.25, 0.3) is 0 Å². The Morgan fingerprint density at radius 1 is 0.750 bits per heavy atom. The molecule has 0 aromatic heterocycles. The van der Waals surface area contributed by atoms with Gasteiger partial charge in [0.1, 0.15) is 0 Å². The minimum Gasteiger partial charge on any atom is -0.264 e. The lowest BCUT2D eigenvalue weighted by Gasteiger charge is -2.07. The van der Waals surface area contributed by atoms with Gasteiger partial charge in [-0.1, -0.05) is 104 Å². The Bertz CT molecular complexity index is 354. The van der Waals surface area contributed by atoms with Crippen molar-refractivity contribution in [2.24, 2.45) is 5.92 Å². The van der Waals surface area contributed by atoms with E-state index in [0.717, 1.165) is 18.8 Å². The first kappa shape index (κ1) is 23.9. The van der Waals surface area contributed by atoms with Gasteiger partial charge in [0.2, 0.25) is 0 Å². The third-order valence-electron chi connectivity index (χ3n) is 4.77. The van der Waals surface area contributed by atoms with Gasteiger partial charge in [-0.05, 0) is 12.3 Å². The summed E-state index contributed by atoms with van der Waals surface area (Å²) in [4.78, 5) is 0. The molecule has 4 nitrogen and oxygen atoms in total. The molecule has 0 aliphatic rings. The zero-order chi connectivity index (χ0) is 18.1. The van der Waals surface area contributed by atoms with E-state index in [1.165, 1.54) is 77.0 Å². The van der Waals surface area contributed by atoms with E-state index in [0.29, 0.717) is 6.42 Å². The fourth-order valence-electron chi connectivity index (χ4n) is 2.91. The summed E-state index contributed by atoms with van der Waals surface area (Å²) >= 11 is 0. The highest BCUT2D eigenvalue weighted by atomic mass is 32.3. The normalized spacial score (nSPS) is 13.3. The average molecular weight is 365 g/mol. The van der Waals surface area contributed by atoms with Gasteiger partial charge in [0, 0.05) is 0 Å². The van der Waals surface area contributed by atoms with E-state index in [9.17, 15) is 8.42 Å². The Labute approximate surface area is 150 Å². The Morgan fingerprint density at radius 2 is 1.12 bits per heavy atom. The van der Waals surface area contributed by atoms with Crippen molar-refractivity contribution in [3.63, 3.8) is 0 Å². The van der Waals surface area contributed by atoms with Crippen LogP contribution in [0.5, 0.6) is 0 Å². The van der Waals surface area contributed by atoms with E-state index in [1.54, 1.807) is 0 Å². The van der Waals surface area contributed by atoms with Crippen molar-refractivity contribution in [2.45, 2.75) is 110 Å². The molecule has 5 heteroatoms. The molecule has 0 aliphatic heterocycles. The van der Waals surface area contributed by atoms with Crippen molar-refractivity contribution in [3.05, 3.63) is 0 Å². The molecular weight excluding hydrogens is 324 g/mol. The first-order valence-electron chi connectivity index (χ1n) is 10.1. The third kappa shape index (κ3) is 19.9. The Balaban J connectivity index is 3.08. The minimum absolute atomic E-state index is 0.0934.